The van der Waals surface area contributed by atoms with Crippen LogP contribution in [0.4, 0.5) is 0 Å². The summed E-state index contributed by atoms with van der Waals surface area (Å²) < 4.78 is 10.7. The first-order valence-electron chi connectivity index (χ1n) is 8.44. The maximum Gasteiger partial charge on any atom is 0.253 e. The van der Waals surface area contributed by atoms with Gasteiger partial charge in [0.15, 0.2) is 0 Å². The standard InChI is InChI=1S/C18H24N2O4/c1-13-12-14(5-6-15(13)23-2)17(21)19-7-9-20(10-8-19)18(22)16-4-3-11-24-16/h5-6,12,16H,3-4,7-11H2,1-2H3. The fourth-order valence-electron chi connectivity index (χ4n) is 3.30. The zero-order valence-electron chi connectivity index (χ0n) is 14.3. The van der Waals surface area contributed by atoms with Crippen LogP contribution in [-0.2, 0) is 9.53 Å². The van der Waals surface area contributed by atoms with E-state index in [-0.39, 0.29) is 17.9 Å². The number of rotatable bonds is 3. The zero-order chi connectivity index (χ0) is 17.1. The highest BCUT2D eigenvalue weighted by Crippen LogP contribution is 2.20. The Hall–Kier alpha value is -2.08. The van der Waals surface area contributed by atoms with Gasteiger partial charge >= 0.3 is 0 Å². The summed E-state index contributed by atoms with van der Waals surface area (Å²) in [6, 6.07) is 5.46. The highest BCUT2D eigenvalue weighted by Gasteiger charge is 2.31. The van der Waals surface area contributed by atoms with E-state index >= 15 is 0 Å². The number of hydrogen-bond donors (Lipinski definition) is 0. The van der Waals surface area contributed by atoms with E-state index in [9.17, 15) is 9.59 Å². The third-order valence-corrected chi connectivity index (χ3v) is 4.73. The summed E-state index contributed by atoms with van der Waals surface area (Å²) in [4.78, 5) is 28.6. The van der Waals surface area contributed by atoms with E-state index in [0.717, 1.165) is 24.2 Å². The maximum atomic E-state index is 12.6. The molecule has 0 radical (unpaired) electrons. The van der Waals surface area contributed by atoms with Crippen molar-refractivity contribution in [2.45, 2.75) is 25.9 Å². The first-order valence-corrected chi connectivity index (χ1v) is 8.44. The van der Waals surface area contributed by atoms with Gasteiger partial charge in [-0.1, -0.05) is 0 Å². The second-order valence-corrected chi connectivity index (χ2v) is 6.30. The SMILES string of the molecule is COc1ccc(C(=O)N2CCN(C(=O)C3CCCO3)CC2)cc1C. The monoisotopic (exact) mass is 332 g/mol. The van der Waals surface area contributed by atoms with Gasteiger partial charge in [0.05, 0.1) is 7.11 Å². The van der Waals surface area contributed by atoms with E-state index in [1.165, 1.54) is 0 Å². The van der Waals surface area contributed by atoms with Gasteiger partial charge in [-0.2, -0.15) is 0 Å². The van der Waals surface area contributed by atoms with Crippen LogP contribution in [0.3, 0.4) is 0 Å². The van der Waals surface area contributed by atoms with Gasteiger partial charge in [0.25, 0.3) is 11.8 Å². The second kappa shape index (κ2) is 7.21. The largest absolute Gasteiger partial charge is 0.496 e. The highest BCUT2D eigenvalue weighted by atomic mass is 16.5. The van der Waals surface area contributed by atoms with Crippen LogP contribution >= 0.6 is 0 Å². The molecule has 1 atom stereocenters. The Balaban J connectivity index is 1.58. The van der Waals surface area contributed by atoms with E-state index in [1.807, 2.05) is 24.0 Å². The third kappa shape index (κ3) is 3.38. The Morgan fingerprint density at radius 1 is 1.17 bits per heavy atom. The fraction of sp³-hybridized carbons (Fsp3) is 0.556. The van der Waals surface area contributed by atoms with Gasteiger partial charge in [0.2, 0.25) is 0 Å². The summed E-state index contributed by atoms with van der Waals surface area (Å²) in [5.74, 6) is 0.850. The minimum atomic E-state index is -0.281. The van der Waals surface area contributed by atoms with Crippen molar-refractivity contribution in [2.75, 3.05) is 39.9 Å². The molecule has 3 rings (SSSR count). The summed E-state index contributed by atoms with van der Waals surface area (Å²) in [5, 5.41) is 0. The van der Waals surface area contributed by atoms with Crippen molar-refractivity contribution in [2.24, 2.45) is 0 Å². The van der Waals surface area contributed by atoms with Crippen LogP contribution in [0.2, 0.25) is 0 Å². The summed E-state index contributed by atoms with van der Waals surface area (Å²) in [6.07, 6.45) is 1.48. The lowest BCUT2D eigenvalue weighted by molar-refractivity contribution is -0.142. The molecule has 2 aliphatic heterocycles. The fourth-order valence-corrected chi connectivity index (χ4v) is 3.30. The van der Waals surface area contributed by atoms with Gasteiger partial charge in [-0.25, -0.2) is 0 Å². The smallest absolute Gasteiger partial charge is 0.253 e. The summed E-state index contributed by atoms with van der Waals surface area (Å²) in [6.45, 7) is 4.85. The molecule has 2 amide bonds. The Labute approximate surface area is 142 Å². The van der Waals surface area contributed by atoms with Crippen molar-refractivity contribution in [3.05, 3.63) is 29.3 Å². The number of methoxy groups -OCH3 is 1. The van der Waals surface area contributed by atoms with E-state index in [1.54, 1.807) is 18.1 Å². The Morgan fingerprint density at radius 3 is 2.46 bits per heavy atom. The molecular weight excluding hydrogens is 308 g/mol. The van der Waals surface area contributed by atoms with Gasteiger partial charge < -0.3 is 19.3 Å². The van der Waals surface area contributed by atoms with Crippen LogP contribution in [0.15, 0.2) is 18.2 Å². The van der Waals surface area contributed by atoms with Crippen LogP contribution in [0, 0.1) is 6.92 Å². The molecule has 6 nitrogen and oxygen atoms in total. The molecule has 0 saturated carbocycles. The molecular formula is C18H24N2O4. The normalized spacial score (nSPS) is 21.0. The second-order valence-electron chi connectivity index (χ2n) is 6.30. The minimum absolute atomic E-state index is 0.00460. The number of amides is 2. The molecule has 1 aromatic carbocycles. The Bertz CT molecular complexity index is 617. The Kier molecular flexibility index (Phi) is 5.04. The molecule has 0 bridgehead atoms. The number of piperazine rings is 1. The van der Waals surface area contributed by atoms with Crippen LogP contribution in [0.25, 0.3) is 0 Å². The molecule has 1 unspecified atom stereocenters. The number of nitrogens with zero attached hydrogens (tertiary/aromatic N) is 2. The lowest BCUT2D eigenvalue weighted by Gasteiger charge is -2.35. The average molecular weight is 332 g/mol. The van der Waals surface area contributed by atoms with Crippen molar-refractivity contribution in [1.29, 1.82) is 0 Å². The van der Waals surface area contributed by atoms with Crippen LogP contribution in [-0.4, -0.2) is 67.6 Å². The highest BCUT2D eigenvalue weighted by molar-refractivity contribution is 5.95. The van der Waals surface area contributed by atoms with Crippen LogP contribution < -0.4 is 4.74 Å². The molecule has 0 aromatic heterocycles. The van der Waals surface area contributed by atoms with Crippen molar-refractivity contribution < 1.29 is 19.1 Å². The molecule has 130 valence electrons. The maximum absolute atomic E-state index is 12.6. The van der Waals surface area contributed by atoms with Crippen molar-refractivity contribution in [3.63, 3.8) is 0 Å². The molecule has 1 aromatic rings. The lowest BCUT2D eigenvalue weighted by Crippen LogP contribution is -2.52. The molecule has 24 heavy (non-hydrogen) atoms. The van der Waals surface area contributed by atoms with Gasteiger partial charge in [0.1, 0.15) is 11.9 Å². The average Bonchev–Trinajstić information content (AvgIpc) is 3.15. The van der Waals surface area contributed by atoms with Gasteiger partial charge in [-0.15, -0.1) is 0 Å². The molecule has 2 heterocycles. The third-order valence-electron chi connectivity index (χ3n) is 4.73. The molecule has 2 aliphatic rings. The first kappa shape index (κ1) is 16.8. The predicted molar refractivity (Wildman–Crippen MR) is 89.2 cm³/mol. The zero-order valence-corrected chi connectivity index (χ0v) is 14.3. The molecule has 6 heteroatoms. The lowest BCUT2D eigenvalue weighted by atomic mass is 10.1. The quantitative estimate of drug-likeness (QED) is 0.841. The molecule has 0 N–H and O–H groups in total. The molecule has 0 aliphatic carbocycles. The van der Waals surface area contributed by atoms with Crippen molar-refractivity contribution >= 4 is 11.8 Å². The molecule has 2 fully saturated rings. The van der Waals surface area contributed by atoms with E-state index < -0.39 is 0 Å². The number of hydrogen-bond acceptors (Lipinski definition) is 4. The number of carbonyl (C=O) groups is 2. The number of ether oxygens (including phenoxy) is 2. The van der Waals surface area contributed by atoms with E-state index in [4.69, 9.17) is 9.47 Å². The Morgan fingerprint density at radius 2 is 1.88 bits per heavy atom. The predicted octanol–water partition coefficient (Wildman–Crippen LogP) is 1.47. The number of carbonyl (C=O) groups excluding carboxylic acids is 2. The van der Waals surface area contributed by atoms with Gasteiger partial charge in [0, 0.05) is 38.3 Å². The van der Waals surface area contributed by atoms with E-state index in [2.05, 4.69) is 0 Å². The van der Waals surface area contributed by atoms with Gasteiger partial charge in [-0.05, 0) is 43.5 Å². The number of aryl methyl sites for hydroxylation is 1. The summed E-state index contributed by atoms with van der Waals surface area (Å²) >= 11 is 0. The van der Waals surface area contributed by atoms with Crippen LogP contribution in [0.5, 0.6) is 5.75 Å². The number of benzene rings is 1. The van der Waals surface area contributed by atoms with Crippen LogP contribution in [0.1, 0.15) is 28.8 Å². The molecule has 2 saturated heterocycles. The van der Waals surface area contributed by atoms with E-state index in [0.29, 0.717) is 38.3 Å². The minimum Gasteiger partial charge on any atom is -0.496 e. The summed E-state index contributed by atoms with van der Waals surface area (Å²) in [7, 11) is 1.62. The first-order chi connectivity index (χ1) is 11.6. The van der Waals surface area contributed by atoms with Crippen molar-refractivity contribution in [3.8, 4) is 5.75 Å². The summed E-state index contributed by atoms with van der Waals surface area (Å²) in [5.41, 5.74) is 1.60. The topological polar surface area (TPSA) is 59.1 Å². The molecule has 0 spiro atoms. The van der Waals surface area contributed by atoms with Crippen molar-refractivity contribution in [1.82, 2.24) is 9.80 Å². The van der Waals surface area contributed by atoms with Gasteiger partial charge in [-0.3, -0.25) is 9.59 Å².